The minimum absolute atomic E-state index is 0.0832. The van der Waals surface area contributed by atoms with E-state index in [0.717, 1.165) is 11.3 Å². The van der Waals surface area contributed by atoms with E-state index in [4.69, 9.17) is 21.1 Å². The van der Waals surface area contributed by atoms with Gasteiger partial charge in [-0.05, 0) is 24.3 Å². The average molecular weight is 356 g/mol. The van der Waals surface area contributed by atoms with Gasteiger partial charge in [-0.1, -0.05) is 11.6 Å². The third-order valence-corrected chi connectivity index (χ3v) is 3.89. The lowest BCUT2D eigenvalue weighted by Crippen LogP contribution is -2.19. The Morgan fingerprint density at radius 1 is 1.13 bits per heavy atom. The number of nitrogens with zero attached hydrogens (tertiary/aromatic N) is 1. The molecule has 0 unspecified atom stereocenters. The van der Waals surface area contributed by atoms with Crippen LogP contribution in [0.5, 0.6) is 5.75 Å². The number of ketones is 1. The molecule has 0 N–H and O–H groups in total. The summed E-state index contributed by atoms with van der Waals surface area (Å²) in [4.78, 5) is 33.6. The van der Waals surface area contributed by atoms with Gasteiger partial charge in [0, 0.05) is 12.1 Å². The van der Waals surface area contributed by atoms with Gasteiger partial charge in [-0.15, -0.1) is 11.3 Å². The summed E-state index contributed by atoms with van der Waals surface area (Å²) in [7, 11) is 0. The standard InChI is InChI=1S/C14H10ClNO6S/c15-13-6-5-12(23-13)11(17)7-22-14(18)8-21-10-3-1-9(2-4-10)16(19)20/h1-6H,7-8H2. The van der Waals surface area contributed by atoms with Crippen LogP contribution in [0, 0.1) is 10.1 Å². The maximum Gasteiger partial charge on any atom is 0.344 e. The number of non-ortho nitro benzene ring substituents is 1. The lowest BCUT2D eigenvalue weighted by molar-refractivity contribution is -0.384. The van der Waals surface area contributed by atoms with Crippen LogP contribution in [0.3, 0.4) is 0 Å². The van der Waals surface area contributed by atoms with Crippen LogP contribution in [-0.2, 0) is 9.53 Å². The Kier molecular flexibility index (Phi) is 5.67. The van der Waals surface area contributed by atoms with Gasteiger partial charge < -0.3 is 9.47 Å². The van der Waals surface area contributed by atoms with Crippen LogP contribution >= 0.6 is 22.9 Å². The van der Waals surface area contributed by atoms with Crippen molar-refractivity contribution in [3.05, 3.63) is 55.7 Å². The van der Waals surface area contributed by atoms with Crippen LogP contribution in [0.15, 0.2) is 36.4 Å². The maximum atomic E-state index is 11.7. The minimum atomic E-state index is -0.723. The smallest absolute Gasteiger partial charge is 0.344 e. The van der Waals surface area contributed by atoms with E-state index in [9.17, 15) is 19.7 Å². The average Bonchev–Trinajstić information content (AvgIpc) is 2.97. The van der Waals surface area contributed by atoms with Gasteiger partial charge in [0.15, 0.2) is 13.2 Å². The fourth-order valence-electron chi connectivity index (χ4n) is 1.53. The van der Waals surface area contributed by atoms with E-state index in [0.29, 0.717) is 9.21 Å². The first-order valence-electron chi connectivity index (χ1n) is 6.27. The molecule has 0 saturated heterocycles. The molecule has 0 saturated carbocycles. The monoisotopic (exact) mass is 355 g/mol. The van der Waals surface area contributed by atoms with Crippen molar-refractivity contribution in [1.82, 2.24) is 0 Å². The van der Waals surface area contributed by atoms with E-state index in [-0.39, 0.29) is 17.2 Å². The highest BCUT2D eigenvalue weighted by atomic mass is 35.5. The Labute approximate surface area is 139 Å². The van der Waals surface area contributed by atoms with Gasteiger partial charge in [-0.2, -0.15) is 0 Å². The SMILES string of the molecule is O=C(COc1ccc([N+](=O)[O-])cc1)OCC(=O)c1ccc(Cl)s1. The number of esters is 1. The number of carbonyl (C=O) groups excluding carboxylic acids is 2. The molecule has 0 bridgehead atoms. The minimum Gasteiger partial charge on any atom is -0.482 e. The predicted octanol–water partition coefficient (Wildman–Crippen LogP) is 3.11. The van der Waals surface area contributed by atoms with Crippen molar-refractivity contribution >= 4 is 40.4 Å². The molecule has 2 aromatic rings. The Balaban J connectivity index is 1.76. The lowest BCUT2D eigenvalue weighted by Gasteiger charge is -2.06. The number of nitro groups is 1. The second kappa shape index (κ2) is 7.70. The van der Waals surface area contributed by atoms with Gasteiger partial charge >= 0.3 is 5.97 Å². The normalized spacial score (nSPS) is 10.1. The Morgan fingerprint density at radius 3 is 2.39 bits per heavy atom. The third kappa shape index (κ3) is 5.04. The lowest BCUT2D eigenvalue weighted by atomic mass is 10.3. The van der Waals surface area contributed by atoms with Gasteiger partial charge in [-0.25, -0.2) is 4.79 Å². The molecule has 23 heavy (non-hydrogen) atoms. The first kappa shape index (κ1) is 16.9. The van der Waals surface area contributed by atoms with Gasteiger partial charge in [0.1, 0.15) is 5.75 Å². The molecule has 7 nitrogen and oxygen atoms in total. The largest absolute Gasteiger partial charge is 0.482 e. The maximum absolute atomic E-state index is 11.7. The fraction of sp³-hybridized carbons (Fsp3) is 0.143. The van der Waals surface area contributed by atoms with E-state index in [2.05, 4.69) is 0 Å². The first-order chi connectivity index (χ1) is 11.0. The van der Waals surface area contributed by atoms with E-state index in [1.54, 1.807) is 12.1 Å². The number of carbonyl (C=O) groups is 2. The summed E-state index contributed by atoms with van der Waals surface area (Å²) in [6.07, 6.45) is 0. The second-order valence-corrected chi connectivity index (χ2v) is 5.94. The summed E-state index contributed by atoms with van der Waals surface area (Å²) in [5.41, 5.74) is -0.0832. The molecule has 120 valence electrons. The zero-order valence-electron chi connectivity index (χ0n) is 11.6. The van der Waals surface area contributed by atoms with Gasteiger partial charge in [0.05, 0.1) is 14.1 Å². The van der Waals surface area contributed by atoms with E-state index >= 15 is 0 Å². The van der Waals surface area contributed by atoms with Crippen molar-refractivity contribution in [1.29, 1.82) is 0 Å². The summed E-state index contributed by atoms with van der Waals surface area (Å²) in [6, 6.07) is 8.37. The number of ether oxygens (including phenoxy) is 2. The van der Waals surface area contributed by atoms with Crippen LogP contribution in [0.2, 0.25) is 4.34 Å². The molecule has 0 aliphatic rings. The number of Topliss-reactive ketones (excluding diaryl/α,β-unsaturated/α-hetero) is 1. The molecule has 0 aliphatic heterocycles. The molecular formula is C14H10ClNO6S. The summed E-state index contributed by atoms with van der Waals surface area (Å²) >= 11 is 6.81. The molecule has 0 fully saturated rings. The van der Waals surface area contributed by atoms with Gasteiger partial charge in [-0.3, -0.25) is 14.9 Å². The Bertz CT molecular complexity index is 727. The van der Waals surface area contributed by atoms with Crippen molar-refractivity contribution in [2.24, 2.45) is 0 Å². The van der Waals surface area contributed by atoms with E-state index < -0.39 is 24.1 Å². The Morgan fingerprint density at radius 2 is 1.83 bits per heavy atom. The second-order valence-electron chi connectivity index (χ2n) is 4.23. The van der Waals surface area contributed by atoms with Crippen LogP contribution in [0.1, 0.15) is 9.67 Å². The molecule has 0 aliphatic carbocycles. The number of thiophene rings is 1. The molecule has 1 aromatic carbocycles. The zero-order valence-corrected chi connectivity index (χ0v) is 13.1. The highest BCUT2D eigenvalue weighted by Gasteiger charge is 2.13. The summed E-state index contributed by atoms with van der Waals surface area (Å²) < 4.78 is 10.4. The quantitative estimate of drug-likeness (QED) is 0.328. The number of hydrogen-bond acceptors (Lipinski definition) is 7. The van der Waals surface area contributed by atoms with E-state index in [1.165, 1.54) is 24.3 Å². The molecule has 1 heterocycles. The molecule has 0 radical (unpaired) electrons. The number of benzene rings is 1. The zero-order chi connectivity index (χ0) is 16.8. The summed E-state index contributed by atoms with van der Waals surface area (Å²) in [5.74, 6) is -0.797. The first-order valence-corrected chi connectivity index (χ1v) is 7.46. The van der Waals surface area contributed by atoms with Crippen molar-refractivity contribution in [2.75, 3.05) is 13.2 Å². The number of rotatable bonds is 7. The predicted molar refractivity (Wildman–Crippen MR) is 83.2 cm³/mol. The topological polar surface area (TPSA) is 95.7 Å². The van der Waals surface area contributed by atoms with Gasteiger partial charge in [0.25, 0.3) is 5.69 Å². The highest BCUT2D eigenvalue weighted by Crippen LogP contribution is 2.21. The number of halogens is 1. The van der Waals surface area contributed by atoms with Crippen molar-refractivity contribution in [2.45, 2.75) is 0 Å². The van der Waals surface area contributed by atoms with Crippen LogP contribution in [-0.4, -0.2) is 29.9 Å². The summed E-state index contributed by atoms with van der Waals surface area (Å²) in [5, 5.41) is 10.5. The van der Waals surface area contributed by atoms with Crippen molar-refractivity contribution < 1.29 is 24.0 Å². The van der Waals surface area contributed by atoms with Crippen LogP contribution in [0.4, 0.5) is 5.69 Å². The molecule has 2 rings (SSSR count). The number of nitro benzene ring substituents is 1. The molecule has 9 heteroatoms. The molecule has 0 spiro atoms. The van der Waals surface area contributed by atoms with Crippen molar-refractivity contribution in [3.8, 4) is 5.75 Å². The fourth-order valence-corrected chi connectivity index (χ4v) is 2.50. The molecule has 1 aromatic heterocycles. The van der Waals surface area contributed by atoms with Crippen LogP contribution < -0.4 is 4.74 Å². The van der Waals surface area contributed by atoms with E-state index in [1.807, 2.05) is 0 Å². The third-order valence-electron chi connectivity index (χ3n) is 2.62. The number of hydrogen-bond donors (Lipinski definition) is 0. The van der Waals surface area contributed by atoms with Crippen molar-refractivity contribution in [3.63, 3.8) is 0 Å². The molecular weight excluding hydrogens is 346 g/mol. The van der Waals surface area contributed by atoms with Gasteiger partial charge in [0.2, 0.25) is 5.78 Å². The Hall–Kier alpha value is -2.45. The molecule has 0 amide bonds. The highest BCUT2D eigenvalue weighted by molar-refractivity contribution is 7.18. The molecule has 0 atom stereocenters. The van der Waals surface area contributed by atoms with Crippen LogP contribution in [0.25, 0.3) is 0 Å². The summed E-state index contributed by atoms with van der Waals surface area (Å²) in [6.45, 7) is -0.810.